The molecule has 3 aliphatic rings. The third-order valence-corrected chi connectivity index (χ3v) is 11.0. The molecular weight excluding hydrogens is 651 g/mol. The van der Waals surface area contributed by atoms with Crippen LogP contribution in [-0.2, 0) is 11.2 Å². The maximum absolute atomic E-state index is 14.0. The van der Waals surface area contributed by atoms with E-state index in [0.717, 1.165) is 55.1 Å². The third-order valence-electron chi connectivity index (χ3n) is 9.75. The van der Waals surface area contributed by atoms with Gasteiger partial charge in [0.15, 0.2) is 0 Å². The highest BCUT2D eigenvalue weighted by Gasteiger charge is 2.45. The highest BCUT2D eigenvalue weighted by Crippen LogP contribution is 2.43. The monoisotopic (exact) mass is 685 g/mol. The van der Waals surface area contributed by atoms with Gasteiger partial charge in [-0.05, 0) is 85.5 Å². The van der Waals surface area contributed by atoms with E-state index in [0.29, 0.717) is 57.5 Å². The van der Waals surface area contributed by atoms with Crippen LogP contribution in [0.5, 0.6) is 0 Å². The Morgan fingerprint density at radius 1 is 0.900 bits per heavy atom. The number of ether oxygens (including phenoxy) is 1. The number of pyridine rings is 2. The fourth-order valence-electron chi connectivity index (χ4n) is 7.02. The van der Waals surface area contributed by atoms with Gasteiger partial charge in [-0.1, -0.05) is 12.1 Å². The summed E-state index contributed by atoms with van der Waals surface area (Å²) in [6.45, 7) is 3.71. The Morgan fingerprint density at radius 2 is 1.70 bits per heavy atom. The zero-order valence-electron chi connectivity index (χ0n) is 27.2. The Kier molecular flexibility index (Phi) is 8.25. The lowest BCUT2D eigenvalue weighted by atomic mass is 9.73. The average molecular weight is 686 g/mol. The highest BCUT2D eigenvalue weighted by atomic mass is 32.1. The molecule has 11 nitrogen and oxygen atoms in total. The van der Waals surface area contributed by atoms with Gasteiger partial charge < -0.3 is 30.9 Å². The first-order chi connectivity index (χ1) is 24.4. The number of amides is 3. The number of carbonyl (C=O) groups excluding carboxylic acids is 3. The molecule has 0 saturated carbocycles. The van der Waals surface area contributed by atoms with Crippen molar-refractivity contribution in [1.82, 2.24) is 9.97 Å². The predicted molar refractivity (Wildman–Crippen MR) is 195 cm³/mol. The lowest BCUT2D eigenvalue weighted by Gasteiger charge is -2.53. The molecule has 3 aromatic heterocycles. The van der Waals surface area contributed by atoms with Gasteiger partial charge in [0.2, 0.25) is 0 Å². The Balaban J connectivity index is 0.966. The number of anilines is 5. The topological polar surface area (TPSA) is 143 Å². The number of nitrogen functional groups attached to an aromatic ring is 1. The van der Waals surface area contributed by atoms with Crippen LogP contribution in [0.2, 0.25) is 0 Å². The lowest BCUT2D eigenvalue weighted by molar-refractivity contribution is -0.000510. The lowest BCUT2D eigenvalue weighted by Crippen LogP contribution is -2.59. The van der Waals surface area contributed by atoms with Crippen LogP contribution in [0.3, 0.4) is 0 Å². The summed E-state index contributed by atoms with van der Waals surface area (Å²) in [5.41, 5.74) is 11.4. The number of hydrogen-bond donors (Lipinski definition) is 3. The minimum Gasteiger partial charge on any atom is -0.397 e. The van der Waals surface area contributed by atoms with Gasteiger partial charge in [-0.3, -0.25) is 19.4 Å². The zero-order valence-corrected chi connectivity index (χ0v) is 28.0. The smallest absolute Gasteiger partial charge is 0.265 e. The van der Waals surface area contributed by atoms with Crippen molar-refractivity contribution in [2.24, 2.45) is 5.41 Å². The van der Waals surface area contributed by atoms with Crippen LogP contribution in [0.1, 0.15) is 48.8 Å². The molecule has 1 spiro atoms. The molecular formula is C38H35N7O4S. The number of carbonyl (C=O) groups is 3. The van der Waals surface area contributed by atoms with E-state index in [1.54, 1.807) is 72.0 Å². The second kappa shape index (κ2) is 13.0. The largest absolute Gasteiger partial charge is 0.397 e. The summed E-state index contributed by atoms with van der Waals surface area (Å²) < 4.78 is 5.55. The molecule has 0 atom stereocenters. The van der Waals surface area contributed by atoms with Gasteiger partial charge >= 0.3 is 0 Å². The Hall–Kier alpha value is -5.59. The molecule has 12 heteroatoms. The summed E-state index contributed by atoms with van der Waals surface area (Å²) in [6.07, 6.45) is 7.71. The van der Waals surface area contributed by atoms with Gasteiger partial charge in [0, 0.05) is 72.3 Å². The molecule has 3 aliphatic heterocycles. The van der Waals surface area contributed by atoms with E-state index >= 15 is 0 Å². The van der Waals surface area contributed by atoms with Crippen molar-refractivity contribution in [3.8, 4) is 10.4 Å². The van der Waals surface area contributed by atoms with Crippen LogP contribution in [-0.4, -0.2) is 60.5 Å². The molecule has 252 valence electrons. The number of nitrogens with one attached hydrogen (secondary N) is 2. The molecule has 3 amide bonds. The summed E-state index contributed by atoms with van der Waals surface area (Å²) in [6, 6.07) is 21.4. The molecule has 50 heavy (non-hydrogen) atoms. The third kappa shape index (κ3) is 5.97. The second-order valence-corrected chi connectivity index (χ2v) is 14.0. The van der Waals surface area contributed by atoms with Crippen LogP contribution in [0, 0.1) is 5.41 Å². The van der Waals surface area contributed by atoms with Crippen LogP contribution < -0.4 is 26.2 Å². The quantitative estimate of drug-likeness (QED) is 0.182. The van der Waals surface area contributed by atoms with Gasteiger partial charge in [0.1, 0.15) is 5.82 Å². The number of para-hydroxylation sites is 2. The predicted octanol–water partition coefficient (Wildman–Crippen LogP) is 6.11. The zero-order chi connectivity index (χ0) is 34.2. The van der Waals surface area contributed by atoms with E-state index in [-0.39, 0.29) is 23.1 Å². The average Bonchev–Trinajstić information content (AvgIpc) is 3.50. The van der Waals surface area contributed by atoms with Crippen molar-refractivity contribution in [3.63, 3.8) is 0 Å². The first-order valence-electron chi connectivity index (χ1n) is 16.6. The summed E-state index contributed by atoms with van der Waals surface area (Å²) in [5.74, 6) is 0.0168. The molecule has 2 saturated heterocycles. The summed E-state index contributed by atoms with van der Waals surface area (Å²) in [5, 5.41) is 5.89. The van der Waals surface area contributed by atoms with Gasteiger partial charge in [0.05, 0.1) is 33.7 Å². The number of nitrogens with zero attached hydrogens (tertiary/aromatic N) is 4. The number of nitrogens with two attached hydrogens (primary N) is 1. The SMILES string of the molecule is Nc1ccccc1NC(=O)c1cc2c(s1)-c1ccncc1N(C(=O)c1ccc(NC(=O)c3cccnc3N3CC4(CCOCC4)C3)cc1)CC2. The van der Waals surface area contributed by atoms with E-state index in [1.807, 2.05) is 24.3 Å². The fraction of sp³-hybridized carbons (Fsp3) is 0.237. The molecule has 6 heterocycles. The van der Waals surface area contributed by atoms with Gasteiger partial charge in [-0.25, -0.2) is 4.98 Å². The number of thiophene rings is 1. The molecule has 5 aromatic rings. The minimum atomic E-state index is -0.251. The van der Waals surface area contributed by atoms with Crippen molar-refractivity contribution >= 4 is 57.6 Å². The van der Waals surface area contributed by atoms with Gasteiger partial charge in [-0.15, -0.1) is 11.3 Å². The number of fused-ring (bicyclic) bond motifs is 3. The summed E-state index contributed by atoms with van der Waals surface area (Å²) in [7, 11) is 0. The van der Waals surface area contributed by atoms with Crippen LogP contribution in [0.15, 0.2) is 91.4 Å². The van der Waals surface area contributed by atoms with E-state index in [9.17, 15) is 14.4 Å². The van der Waals surface area contributed by atoms with E-state index in [4.69, 9.17) is 10.5 Å². The molecule has 0 radical (unpaired) electrons. The summed E-state index contributed by atoms with van der Waals surface area (Å²) >= 11 is 1.38. The standard InChI is InChI=1S/C38H35N7O4S/c39-29-5-1-2-6-30(29)43-36(47)32-20-25-12-17-45(31-21-40-16-11-27(31)33(25)50-32)37(48)24-7-9-26(10-8-24)42-35(46)28-4-3-15-41-34(28)44-22-38(23-44)13-18-49-19-14-38/h1-11,15-16,20-21H,12-14,17-19,22-23,39H2,(H,42,46)(H,43,47). The second-order valence-electron chi connectivity index (χ2n) is 13.0. The molecule has 0 unspecified atom stereocenters. The molecule has 2 aromatic carbocycles. The first kappa shape index (κ1) is 31.7. The fourth-order valence-corrected chi connectivity index (χ4v) is 8.16. The van der Waals surface area contributed by atoms with Crippen molar-refractivity contribution in [2.75, 3.05) is 59.0 Å². The number of benzene rings is 2. The van der Waals surface area contributed by atoms with Crippen LogP contribution in [0.25, 0.3) is 10.4 Å². The van der Waals surface area contributed by atoms with Crippen molar-refractivity contribution < 1.29 is 19.1 Å². The summed E-state index contributed by atoms with van der Waals surface area (Å²) in [4.78, 5) is 54.8. The molecule has 2 fully saturated rings. The Bertz CT molecular complexity index is 2100. The maximum atomic E-state index is 14.0. The molecule has 8 rings (SSSR count). The van der Waals surface area contributed by atoms with Crippen LogP contribution >= 0.6 is 11.3 Å². The molecule has 4 N–H and O–H groups in total. The van der Waals surface area contributed by atoms with Gasteiger partial charge in [-0.2, -0.15) is 0 Å². The minimum absolute atomic E-state index is 0.181. The van der Waals surface area contributed by atoms with E-state index < -0.39 is 0 Å². The van der Waals surface area contributed by atoms with Gasteiger partial charge in [0.25, 0.3) is 17.7 Å². The molecule has 0 bridgehead atoms. The first-order valence-corrected chi connectivity index (χ1v) is 17.4. The van der Waals surface area contributed by atoms with Crippen LogP contribution in [0.4, 0.5) is 28.6 Å². The maximum Gasteiger partial charge on any atom is 0.265 e. The Labute approximate surface area is 293 Å². The number of aromatic nitrogens is 2. The van der Waals surface area contributed by atoms with Crippen molar-refractivity contribution in [1.29, 1.82) is 0 Å². The van der Waals surface area contributed by atoms with E-state index in [2.05, 4.69) is 25.5 Å². The van der Waals surface area contributed by atoms with Crippen molar-refractivity contribution in [3.05, 3.63) is 113 Å². The normalized spacial score (nSPS) is 16.1. The Morgan fingerprint density at radius 3 is 2.50 bits per heavy atom. The number of hydrogen-bond acceptors (Lipinski definition) is 9. The highest BCUT2D eigenvalue weighted by molar-refractivity contribution is 7.17. The van der Waals surface area contributed by atoms with Crippen molar-refractivity contribution in [2.45, 2.75) is 19.3 Å². The molecule has 0 aliphatic carbocycles. The van der Waals surface area contributed by atoms with E-state index in [1.165, 1.54) is 11.3 Å². The number of rotatable bonds is 6.